The van der Waals surface area contributed by atoms with E-state index >= 15 is 0 Å². The van der Waals surface area contributed by atoms with Crippen LogP contribution in [0.1, 0.15) is 17.5 Å². The second kappa shape index (κ2) is 6.82. The number of ketones is 2. The largest absolute Gasteiger partial charge is 0.508 e. The lowest BCUT2D eigenvalue weighted by Gasteiger charge is -2.48. The van der Waals surface area contributed by atoms with Crippen molar-refractivity contribution in [1.29, 1.82) is 0 Å². The molecule has 1 aromatic carbocycles. The normalized spacial score (nSPS) is 30.0. The number of Topliss-reactive ketones (excluding diaryl/α,β-unsaturated/α-hetero) is 2. The molecule has 31 heavy (non-hydrogen) atoms. The predicted molar refractivity (Wildman–Crippen MR) is 109 cm³/mol. The number of anilines is 1. The molecule has 0 spiro atoms. The lowest BCUT2D eigenvalue weighted by atomic mass is 9.57. The molecule has 1 aromatic rings. The molecule has 3 aliphatic carbocycles. The van der Waals surface area contributed by atoms with Gasteiger partial charge in [0.15, 0.2) is 11.4 Å². The number of aliphatic hydroxyl groups is 3. The van der Waals surface area contributed by atoms with E-state index in [0.29, 0.717) is 11.3 Å². The van der Waals surface area contributed by atoms with E-state index in [0.717, 1.165) is 0 Å². The Kier molecular flexibility index (Phi) is 4.60. The molecule has 4 rings (SSSR count). The number of rotatable bonds is 3. The summed E-state index contributed by atoms with van der Waals surface area (Å²) in [6, 6.07) is 1.86. The Morgan fingerprint density at radius 1 is 1.19 bits per heavy atom. The van der Waals surface area contributed by atoms with E-state index in [9.17, 15) is 34.8 Å². The van der Waals surface area contributed by atoms with Crippen LogP contribution in [0.25, 0.3) is 5.76 Å². The van der Waals surface area contributed by atoms with Gasteiger partial charge in [0.2, 0.25) is 5.78 Å². The molecule has 0 aromatic heterocycles. The summed E-state index contributed by atoms with van der Waals surface area (Å²) in [5.74, 6) is -6.67. The van der Waals surface area contributed by atoms with E-state index in [2.05, 4.69) is 10.6 Å². The Balaban J connectivity index is 1.98. The topological polar surface area (TPSA) is 182 Å². The zero-order chi connectivity index (χ0) is 22.8. The summed E-state index contributed by atoms with van der Waals surface area (Å²) in [7, 11) is 3.11. The third kappa shape index (κ3) is 2.55. The lowest BCUT2D eigenvalue weighted by Crippen LogP contribution is -2.65. The number of carbonyl (C=O) groups is 3. The number of nitrogens with two attached hydrogens (primary N) is 1. The smallest absolute Gasteiger partial charge is 0.255 e. The zero-order valence-corrected chi connectivity index (χ0v) is 16.9. The predicted octanol–water partition coefficient (Wildman–Crippen LogP) is -0.336. The first-order valence-corrected chi connectivity index (χ1v) is 9.77. The Morgan fingerprint density at radius 3 is 2.45 bits per heavy atom. The molecular weight excluding hydrogens is 406 g/mol. The average Bonchev–Trinajstić information content (AvgIpc) is 2.71. The second-order valence-corrected chi connectivity index (χ2v) is 8.06. The first-order valence-electron chi connectivity index (χ1n) is 9.77. The highest BCUT2D eigenvalue weighted by Crippen LogP contribution is 2.52. The number of amides is 1. The SMILES string of the molecule is CNc1ccc(O)c2c1C[C@H]1C[C@H]3[C@H](NC)C(=O)C(C(N)=O)=C(O)[C@@]3(O)C(=O)C1=C2O. The number of hydrogen-bond donors (Lipinski definition) is 7. The van der Waals surface area contributed by atoms with Crippen LogP contribution in [0, 0.1) is 11.8 Å². The molecule has 3 aliphatic rings. The number of aliphatic hydroxyl groups excluding tert-OH is 2. The maximum absolute atomic E-state index is 13.5. The number of phenols is 1. The van der Waals surface area contributed by atoms with Crippen molar-refractivity contribution in [2.24, 2.45) is 17.6 Å². The third-order valence-corrected chi connectivity index (χ3v) is 6.66. The van der Waals surface area contributed by atoms with Gasteiger partial charge in [-0.25, -0.2) is 0 Å². The van der Waals surface area contributed by atoms with Crippen molar-refractivity contribution < 1.29 is 34.8 Å². The van der Waals surface area contributed by atoms with Crippen molar-refractivity contribution in [2.45, 2.75) is 24.5 Å². The first-order chi connectivity index (χ1) is 14.6. The van der Waals surface area contributed by atoms with Gasteiger partial charge in [0, 0.05) is 24.2 Å². The van der Waals surface area contributed by atoms with Gasteiger partial charge in [0.05, 0.1) is 11.6 Å². The van der Waals surface area contributed by atoms with E-state index in [1.165, 1.54) is 13.1 Å². The number of hydrogen-bond acceptors (Lipinski definition) is 9. The van der Waals surface area contributed by atoms with Gasteiger partial charge >= 0.3 is 0 Å². The summed E-state index contributed by atoms with van der Waals surface area (Å²) in [6.45, 7) is 0. The number of benzene rings is 1. The minimum Gasteiger partial charge on any atom is -0.508 e. The number of likely N-dealkylation sites (N-methyl/N-ethyl adjacent to an activating group) is 1. The fourth-order valence-corrected chi connectivity index (χ4v) is 5.24. The number of carbonyl (C=O) groups excluding carboxylic acids is 3. The fourth-order valence-electron chi connectivity index (χ4n) is 5.24. The average molecular weight is 429 g/mol. The number of fused-ring (bicyclic) bond motifs is 3. The molecule has 10 heteroatoms. The minimum atomic E-state index is -2.63. The van der Waals surface area contributed by atoms with Crippen LogP contribution < -0.4 is 16.4 Å². The summed E-state index contributed by atoms with van der Waals surface area (Å²) < 4.78 is 0. The van der Waals surface area contributed by atoms with Crippen LogP contribution in [0.15, 0.2) is 29.0 Å². The third-order valence-electron chi connectivity index (χ3n) is 6.66. The zero-order valence-electron chi connectivity index (χ0n) is 16.9. The molecule has 8 N–H and O–H groups in total. The van der Waals surface area contributed by atoms with E-state index in [4.69, 9.17) is 5.73 Å². The second-order valence-electron chi connectivity index (χ2n) is 8.06. The highest BCUT2D eigenvalue weighted by atomic mass is 16.3. The Morgan fingerprint density at radius 2 is 1.87 bits per heavy atom. The summed E-state index contributed by atoms with van der Waals surface area (Å²) in [4.78, 5) is 38.1. The fraction of sp³-hybridized carbons (Fsp3) is 0.381. The summed E-state index contributed by atoms with van der Waals surface area (Å²) >= 11 is 0. The van der Waals surface area contributed by atoms with E-state index in [-0.39, 0.29) is 29.7 Å². The molecule has 1 fully saturated rings. The van der Waals surface area contributed by atoms with Crippen LogP contribution in [-0.4, -0.2) is 63.6 Å². The number of aromatic hydroxyl groups is 1. The highest BCUT2D eigenvalue weighted by Gasteiger charge is 2.63. The molecule has 0 heterocycles. The van der Waals surface area contributed by atoms with Crippen molar-refractivity contribution in [3.8, 4) is 5.75 Å². The van der Waals surface area contributed by atoms with Gasteiger partial charge in [-0.1, -0.05) is 0 Å². The molecule has 0 bridgehead atoms. The standard InChI is InChI=1S/C21H23N3O7/c1-23-10-3-4-11(25)13-8(10)5-7-6-9-15(24-2)17(27)14(20(22)30)19(29)21(9,31)18(28)12(7)16(13)26/h3-4,7,9,15,23-26,29,31H,5-6H2,1-2H3,(H2,22,30)/t7-,9-,15-,21-/m0/s1. The van der Waals surface area contributed by atoms with Gasteiger partial charge in [0.25, 0.3) is 5.91 Å². The molecule has 1 amide bonds. The molecule has 0 aliphatic heterocycles. The molecule has 0 radical (unpaired) electrons. The minimum absolute atomic E-state index is 0.0488. The molecule has 1 saturated carbocycles. The molecule has 0 unspecified atom stereocenters. The van der Waals surface area contributed by atoms with Gasteiger partial charge in [-0.3, -0.25) is 14.4 Å². The van der Waals surface area contributed by atoms with Gasteiger partial charge in [0.1, 0.15) is 22.8 Å². The van der Waals surface area contributed by atoms with E-state index < -0.39 is 58.0 Å². The Hall–Kier alpha value is -3.37. The van der Waals surface area contributed by atoms with Crippen LogP contribution >= 0.6 is 0 Å². The van der Waals surface area contributed by atoms with Crippen LogP contribution in [0.5, 0.6) is 5.75 Å². The first kappa shape index (κ1) is 20.9. The molecule has 0 saturated heterocycles. The molecule has 4 atom stereocenters. The van der Waals surface area contributed by atoms with Crippen molar-refractivity contribution in [3.05, 3.63) is 40.2 Å². The monoisotopic (exact) mass is 429 g/mol. The summed E-state index contributed by atoms with van der Waals surface area (Å²) in [5.41, 5.74) is 2.89. The number of phenolic OH excluding ortho intramolecular Hbond substituents is 1. The van der Waals surface area contributed by atoms with Crippen molar-refractivity contribution >= 4 is 28.9 Å². The molecular formula is C21H23N3O7. The summed E-state index contributed by atoms with van der Waals surface area (Å²) in [5, 5.41) is 49.0. The quantitative estimate of drug-likeness (QED) is 0.250. The van der Waals surface area contributed by atoms with Crippen molar-refractivity contribution in [1.82, 2.24) is 5.32 Å². The van der Waals surface area contributed by atoms with Gasteiger partial charge in [-0.15, -0.1) is 0 Å². The van der Waals surface area contributed by atoms with Crippen molar-refractivity contribution in [2.75, 3.05) is 19.4 Å². The molecule has 164 valence electrons. The highest BCUT2D eigenvalue weighted by molar-refractivity contribution is 6.24. The number of nitrogens with one attached hydrogen (secondary N) is 2. The Labute approximate surface area is 177 Å². The summed E-state index contributed by atoms with van der Waals surface area (Å²) in [6.07, 6.45) is 0.294. The lowest BCUT2D eigenvalue weighted by molar-refractivity contribution is -0.150. The number of primary amides is 1. The maximum Gasteiger partial charge on any atom is 0.255 e. The van der Waals surface area contributed by atoms with Gasteiger partial charge in [-0.2, -0.15) is 0 Å². The van der Waals surface area contributed by atoms with Crippen molar-refractivity contribution in [3.63, 3.8) is 0 Å². The van der Waals surface area contributed by atoms with E-state index in [1.807, 2.05) is 0 Å². The maximum atomic E-state index is 13.5. The van der Waals surface area contributed by atoms with Crippen LogP contribution in [0.3, 0.4) is 0 Å². The van der Waals surface area contributed by atoms with Gasteiger partial charge in [-0.05, 0) is 43.5 Å². The van der Waals surface area contributed by atoms with Crippen LogP contribution in [0.4, 0.5) is 5.69 Å². The van der Waals surface area contributed by atoms with E-state index in [1.54, 1.807) is 13.1 Å². The Bertz CT molecular complexity index is 1110. The molecule has 10 nitrogen and oxygen atoms in total. The van der Waals surface area contributed by atoms with Crippen LogP contribution in [0.2, 0.25) is 0 Å². The van der Waals surface area contributed by atoms with Gasteiger partial charge < -0.3 is 36.8 Å². The van der Waals surface area contributed by atoms with Crippen LogP contribution in [-0.2, 0) is 20.8 Å².